The highest BCUT2D eigenvalue weighted by Gasteiger charge is 2.26. The quantitative estimate of drug-likeness (QED) is 0.937. The van der Waals surface area contributed by atoms with Crippen molar-refractivity contribution in [2.24, 2.45) is 11.7 Å². The second-order valence-electron chi connectivity index (χ2n) is 5.87. The molecule has 0 aliphatic carbocycles. The van der Waals surface area contributed by atoms with Gasteiger partial charge < -0.3 is 10.3 Å². The molecule has 0 saturated carbocycles. The third-order valence-electron chi connectivity index (χ3n) is 4.21. The molecule has 0 bridgehead atoms. The van der Waals surface area contributed by atoms with Gasteiger partial charge in [0.15, 0.2) is 0 Å². The number of benzene rings is 1. The van der Waals surface area contributed by atoms with E-state index >= 15 is 0 Å². The van der Waals surface area contributed by atoms with E-state index in [0.29, 0.717) is 30.8 Å². The Kier molecular flexibility index (Phi) is 5.94. The van der Waals surface area contributed by atoms with Crippen molar-refractivity contribution in [1.82, 2.24) is 15.0 Å². The first-order valence-corrected chi connectivity index (χ1v) is 7.58. The van der Waals surface area contributed by atoms with E-state index in [1.165, 1.54) is 6.42 Å². The van der Waals surface area contributed by atoms with Crippen LogP contribution in [0.15, 0.2) is 34.9 Å². The minimum absolute atomic E-state index is 0. The summed E-state index contributed by atoms with van der Waals surface area (Å²) in [6.45, 7) is 4.71. The third-order valence-corrected chi connectivity index (χ3v) is 4.21. The van der Waals surface area contributed by atoms with Crippen LogP contribution < -0.4 is 5.73 Å². The summed E-state index contributed by atoms with van der Waals surface area (Å²) in [4.78, 5) is 6.87. The van der Waals surface area contributed by atoms with Crippen LogP contribution in [0.1, 0.15) is 25.7 Å². The lowest BCUT2D eigenvalue weighted by molar-refractivity contribution is 0.102. The largest absolute Gasteiger partial charge is 0.338 e. The van der Waals surface area contributed by atoms with Crippen LogP contribution in [-0.2, 0) is 6.54 Å². The van der Waals surface area contributed by atoms with Gasteiger partial charge in [0.1, 0.15) is 0 Å². The number of hydrogen-bond acceptors (Lipinski definition) is 5. The van der Waals surface area contributed by atoms with E-state index in [1.807, 2.05) is 30.3 Å². The zero-order valence-corrected chi connectivity index (χ0v) is 13.6. The maximum atomic E-state index is 5.90. The number of nitrogens with zero attached hydrogens (tertiary/aromatic N) is 3. The third kappa shape index (κ3) is 3.85. The topological polar surface area (TPSA) is 68.2 Å². The highest BCUT2D eigenvalue weighted by atomic mass is 35.5. The first kappa shape index (κ1) is 16.9. The van der Waals surface area contributed by atoms with Gasteiger partial charge in [-0.2, -0.15) is 4.98 Å². The predicted octanol–water partition coefficient (Wildman–Crippen LogP) is 2.72. The highest BCUT2D eigenvalue weighted by molar-refractivity contribution is 5.85. The van der Waals surface area contributed by atoms with Crippen LogP contribution in [0.25, 0.3) is 11.4 Å². The first-order valence-electron chi connectivity index (χ1n) is 7.58. The molecule has 1 aliphatic heterocycles. The van der Waals surface area contributed by atoms with Gasteiger partial charge in [0.25, 0.3) is 0 Å². The molecule has 1 fully saturated rings. The van der Waals surface area contributed by atoms with Gasteiger partial charge in [-0.1, -0.05) is 42.4 Å². The molecule has 0 radical (unpaired) electrons. The second kappa shape index (κ2) is 7.72. The van der Waals surface area contributed by atoms with E-state index in [9.17, 15) is 0 Å². The Morgan fingerprint density at radius 1 is 1.32 bits per heavy atom. The Hall–Kier alpha value is -1.43. The summed E-state index contributed by atoms with van der Waals surface area (Å²) in [5, 5.41) is 4.07. The number of piperidine rings is 1. The summed E-state index contributed by atoms with van der Waals surface area (Å²) in [5.41, 5.74) is 6.88. The molecule has 1 aromatic heterocycles. The van der Waals surface area contributed by atoms with Crippen molar-refractivity contribution in [1.29, 1.82) is 0 Å². The summed E-state index contributed by atoms with van der Waals surface area (Å²) in [6, 6.07) is 10.3. The van der Waals surface area contributed by atoms with Gasteiger partial charge in [-0.3, -0.25) is 4.90 Å². The fourth-order valence-corrected chi connectivity index (χ4v) is 2.95. The Bertz CT molecular complexity index is 575. The van der Waals surface area contributed by atoms with Crippen molar-refractivity contribution in [3.63, 3.8) is 0 Å². The van der Waals surface area contributed by atoms with Crippen LogP contribution in [-0.4, -0.2) is 34.2 Å². The molecule has 1 aliphatic rings. The molecule has 22 heavy (non-hydrogen) atoms. The molecule has 0 spiro atoms. The van der Waals surface area contributed by atoms with Crippen molar-refractivity contribution in [2.75, 3.05) is 13.1 Å². The van der Waals surface area contributed by atoms with Crippen LogP contribution in [0, 0.1) is 5.92 Å². The van der Waals surface area contributed by atoms with E-state index in [0.717, 1.165) is 24.4 Å². The Morgan fingerprint density at radius 3 is 2.82 bits per heavy atom. The number of nitrogens with two attached hydrogens (primary N) is 1. The average Bonchev–Trinajstić information content (AvgIpc) is 2.98. The number of likely N-dealkylation sites (tertiary alicyclic amines) is 1. The van der Waals surface area contributed by atoms with Gasteiger partial charge in [0.05, 0.1) is 6.54 Å². The van der Waals surface area contributed by atoms with Gasteiger partial charge in [0.2, 0.25) is 11.7 Å². The van der Waals surface area contributed by atoms with E-state index < -0.39 is 0 Å². The molecule has 120 valence electrons. The first-order chi connectivity index (χ1) is 10.3. The molecule has 3 rings (SSSR count). The van der Waals surface area contributed by atoms with Crippen molar-refractivity contribution in [3.05, 3.63) is 36.2 Å². The second-order valence-corrected chi connectivity index (χ2v) is 5.87. The molecule has 1 saturated heterocycles. The highest BCUT2D eigenvalue weighted by Crippen LogP contribution is 2.24. The van der Waals surface area contributed by atoms with Crippen LogP contribution in [0.5, 0.6) is 0 Å². The molecular formula is C16H23ClN4O. The van der Waals surface area contributed by atoms with Crippen molar-refractivity contribution >= 4 is 12.4 Å². The SMILES string of the molecule is CC1CCN(Cc2nc(-c3ccccc3)no2)C(CN)C1.Cl. The molecular weight excluding hydrogens is 300 g/mol. The Labute approximate surface area is 137 Å². The fraction of sp³-hybridized carbons (Fsp3) is 0.500. The minimum atomic E-state index is 0. The lowest BCUT2D eigenvalue weighted by Gasteiger charge is -2.36. The van der Waals surface area contributed by atoms with Crippen LogP contribution in [0.4, 0.5) is 0 Å². The molecule has 1 aromatic carbocycles. The molecule has 0 amide bonds. The van der Waals surface area contributed by atoms with Crippen LogP contribution in [0.3, 0.4) is 0 Å². The van der Waals surface area contributed by atoms with Gasteiger partial charge in [-0.25, -0.2) is 0 Å². The molecule has 2 aromatic rings. The molecule has 2 heterocycles. The Balaban J connectivity index is 0.00000176. The molecule has 6 heteroatoms. The van der Waals surface area contributed by atoms with E-state index in [4.69, 9.17) is 10.3 Å². The van der Waals surface area contributed by atoms with Crippen LogP contribution >= 0.6 is 12.4 Å². The van der Waals surface area contributed by atoms with Crippen molar-refractivity contribution < 1.29 is 4.52 Å². The Morgan fingerprint density at radius 2 is 2.09 bits per heavy atom. The minimum Gasteiger partial charge on any atom is -0.338 e. The summed E-state index contributed by atoms with van der Waals surface area (Å²) in [5.74, 6) is 2.07. The number of aromatic nitrogens is 2. The molecule has 5 nitrogen and oxygen atoms in total. The normalized spacial score (nSPS) is 22.3. The van der Waals surface area contributed by atoms with E-state index in [-0.39, 0.29) is 12.4 Å². The van der Waals surface area contributed by atoms with E-state index in [2.05, 4.69) is 22.0 Å². The lowest BCUT2D eigenvalue weighted by atomic mass is 9.92. The number of halogens is 1. The average molecular weight is 323 g/mol. The summed E-state index contributed by atoms with van der Waals surface area (Å²) < 4.78 is 5.40. The lowest BCUT2D eigenvalue weighted by Crippen LogP contribution is -2.45. The monoisotopic (exact) mass is 322 g/mol. The van der Waals surface area contributed by atoms with Crippen molar-refractivity contribution in [3.8, 4) is 11.4 Å². The zero-order chi connectivity index (χ0) is 14.7. The van der Waals surface area contributed by atoms with Gasteiger partial charge in [-0.15, -0.1) is 12.4 Å². The maximum absolute atomic E-state index is 5.90. The summed E-state index contributed by atoms with van der Waals surface area (Å²) >= 11 is 0. The summed E-state index contributed by atoms with van der Waals surface area (Å²) in [6.07, 6.45) is 2.35. The van der Waals surface area contributed by atoms with E-state index in [1.54, 1.807) is 0 Å². The number of rotatable bonds is 4. The van der Waals surface area contributed by atoms with Gasteiger partial charge >= 0.3 is 0 Å². The smallest absolute Gasteiger partial charge is 0.241 e. The van der Waals surface area contributed by atoms with Crippen molar-refractivity contribution in [2.45, 2.75) is 32.4 Å². The molecule has 2 atom stereocenters. The van der Waals surface area contributed by atoms with Crippen LogP contribution in [0.2, 0.25) is 0 Å². The summed E-state index contributed by atoms with van der Waals surface area (Å²) in [7, 11) is 0. The van der Waals surface area contributed by atoms with Gasteiger partial charge in [0, 0.05) is 18.2 Å². The predicted molar refractivity (Wildman–Crippen MR) is 88.6 cm³/mol. The molecule has 2 unspecified atom stereocenters. The molecule has 2 N–H and O–H groups in total. The number of hydrogen-bond donors (Lipinski definition) is 1. The zero-order valence-electron chi connectivity index (χ0n) is 12.8. The van der Waals surface area contributed by atoms with Gasteiger partial charge in [-0.05, 0) is 25.3 Å². The fourth-order valence-electron chi connectivity index (χ4n) is 2.95. The standard InChI is InChI=1S/C16H22N4O.ClH/c1-12-7-8-20(14(9-12)10-17)11-15-18-16(19-21-15)13-5-3-2-4-6-13;/h2-6,12,14H,7-11,17H2,1H3;1H. The maximum Gasteiger partial charge on any atom is 0.241 e.